The van der Waals surface area contributed by atoms with E-state index in [1.807, 2.05) is 51.1 Å². The quantitative estimate of drug-likeness (QED) is 0.811. The van der Waals surface area contributed by atoms with Gasteiger partial charge in [-0.05, 0) is 26.3 Å². The highest BCUT2D eigenvalue weighted by molar-refractivity contribution is 5.75. The van der Waals surface area contributed by atoms with Crippen molar-refractivity contribution in [3.05, 3.63) is 35.9 Å². The maximum absolute atomic E-state index is 11.5. The van der Waals surface area contributed by atoms with Crippen LogP contribution in [0.2, 0.25) is 0 Å². The number of hydrogen-bond acceptors (Lipinski definition) is 3. The molecule has 1 rings (SSSR count). The number of ether oxygens (including phenoxy) is 1. The van der Waals surface area contributed by atoms with Gasteiger partial charge in [-0.15, -0.1) is 0 Å². The topological polar surface area (TPSA) is 67.4 Å². The summed E-state index contributed by atoms with van der Waals surface area (Å²) in [5.41, 5.74) is 0.530. The first-order valence-electron chi connectivity index (χ1n) is 6.64. The summed E-state index contributed by atoms with van der Waals surface area (Å²) in [5.74, 6) is -0.319. The lowest BCUT2D eigenvalue weighted by molar-refractivity contribution is -0.154. The monoisotopic (exact) mass is 278 g/mol. The van der Waals surface area contributed by atoms with Gasteiger partial charge in [0.1, 0.15) is 5.60 Å². The Morgan fingerprint density at radius 2 is 1.75 bits per heavy atom. The van der Waals surface area contributed by atoms with Gasteiger partial charge >= 0.3 is 12.0 Å². The predicted molar refractivity (Wildman–Crippen MR) is 77.1 cm³/mol. The van der Waals surface area contributed by atoms with Gasteiger partial charge in [-0.3, -0.25) is 4.79 Å². The fourth-order valence-electron chi connectivity index (χ4n) is 1.51. The molecule has 0 bridgehead atoms. The van der Waals surface area contributed by atoms with Crippen LogP contribution in [-0.2, 0) is 16.1 Å². The molecule has 0 unspecified atom stereocenters. The normalized spacial score (nSPS) is 10.8. The molecule has 1 aromatic rings. The van der Waals surface area contributed by atoms with Crippen molar-refractivity contribution in [3.8, 4) is 0 Å². The van der Waals surface area contributed by atoms with Gasteiger partial charge < -0.3 is 15.4 Å². The molecule has 2 amide bonds. The van der Waals surface area contributed by atoms with E-state index < -0.39 is 5.60 Å². The van der Waals surface area contributed by atoms with E-state index in [9.17, 15) is 9.59 Å². The second kappa shape index (κ2) is 7.53. The van der Waals surface area contributed by atoms with Crippen LogP contribution in [0.25, 0.3) is 0 Å². The van der Waals surface area contributed by atoms with E-state index in [1.54, 1.807) is 0 Å². The summed E-state index contributed by atoms with van der Waals surface area (Å²) >= 11 is 0. The molecule has 0 saturated carbocycles. The van der Waals surface area contributed by atoms with Crippen LogP contribution in [-0.4, -0.2) is 24.1 Å². The molecule has 20 heavy (non-hydrogen) atoms. The van der Waals surface area contributed by atoms with Gasteiger partial charge in [-0.25, -0.2) is 4.79 Å². The number of rotatable bonds is 5. The first-order valence-corrected chi connectivity index (χ1v) is 6.64. The third-order valence-electron chi connectivity index (χ3n) is 2.33. The molecular weight excluding hydrogens is 256 g/mol. The third kappa shape index (κ3) is 7.41. The third-order valence-corrected chi connectivity index (χ3v) is 2.33. The molecule has 0 aromatic heterocycles. The Morgan fingerprint density at radius 3 is 2.35 bits per heavy atom. The SMILES string of the molecule is CC(C)(C)OC(=O)CCNC(=O)NCc1ccccc1. The van der Waals surface area contributed by atoms with Crippen LogP contribution in [0.4, 0.5) is 4.79 Å². The van der Waals surface area contributed by atoms with Crippen molar-refractivity contribution in [1.82, 2.24) is 10.6 Å². The first-order chi connectivity index (χ1) is 9.37. The number of carbonyl (C=O) groups excluding carboxylic acids is 2. The summed E-state index contributed by atoms with van der Waals surface area (Å²) < 4.78 is 5.14. The van der Waals surface area contributed by atoms with Gasteiger partial charge in [0.25, 0.3) is 0 Å². The molecule has 0 atom stereocenters. The maximum Gasteiger partial charge on any atom is 0.315 e. The van der Waals surface area contributed by atoms with Gasteiger partial charge in [0.2, 0.25) is 0 Å². The van der Waals surface area contributed by atoms with E-state index in [-0.39, 0.29) is 25.0 Å². The zero-order valence-electron chi connectivity index (χ0n) is 12.2. The second-order valence-corrected chi connectivity index (χ2v) is 5.43. The molecule has 5 nitrogen and oxygen atoms in total. The van der Waals surface area contributed by atoms with Crippen LogP contribution in [0.1, 0.15) is 32.8 Å². The Labute approximate surface area is 119 Å². The van der Waals surface area contributed by atoms with Gasteiger partial charge in [-0.2, -0.15) is 0 Å². The molecule has 0 aliphatic carbocycles. The van der Waals surface area contributed by atoms with E-state index in [4.69, 9.17) is 4.74 Å². The number of benzene rings is 1. The summed E-state index contributed by atoms with van der Waals surface area (Å²) in [6, 6.07) is 9.32. The minimum absolute atomic E-state index is 0.163. The summed E-state index contributed by atoms with van der Waals surface area (Å²) in [6.07, 6.45) is 0.163. The number of nitrogens with one attached hydrogen (secondary N) is 2. The Balaban J connectivity index is 2.16. The molecule has 0 heterocycles. The van der Waals surface area contributed by atoms with Crippen LogP contribution < -0.4 is 10.6 Å². The molecule has 0 spiro atoms. The minimum atomic E-state index is -0.493. The van der Waals surface area contributed by atoms with E-state index in [0.717, 1.165) is 5.56 Å². The van der Waals surface area contributed by atoms with E-state index in [1.165, 1.54) is 0 Å². The van der Waals surface area contributed by atoms with Crippen molar-refractivity contribution in [2.75, 3.05) is 6.54 Å². The zero-order valence-corrected chi connectivity index (χ0v) is 12.2. The summed E-state index contributed by atoms with van der Waals surface area (Å²) in [5, 5.41) is 5.34. The van der Waals surface area contributed by atoms with Crippen molar-refractivity contribution in [3.63, 3.8) is 0 Å². The molecule has 5 heteroatoms. The Kier molecular flexibility index (Phi) is 6.03. The molecular formula is C15H22N2O3. The van der Waals surface area contributed by atoms with Gasteiger partial charge in [-0.1, -0.05) is 30.3 Å². The Hall–Kier alpha value is -2.04. The number of hydrogen-bond donors (Lipinski definition) is 2. The lowest BCUT2D eigenvalue weighted by atomic mass is 10.2. The Bertz CT molecular complexity index is 438. The smallest absolute Gasteiger partial charge is 0.315 e. The van der Waals surface area contributed by atoms with Crippen LogP contribution in [0.15, 0.2) is 30.3 Å². The highest BCUT2D eigenvalue weighted by atomic mass is 16.6. The van der Waals surface area contributed by atoms with Crippen LogP contribution in [0.5, 0.6) is 0 Å². The average Bonchev–Trinajstić information content (AvgIpc) is 2.35. The Morgan fingerprint density at radius 1 is 1.10 bits per heavy atom. The van der Waals surface area contributed by atoms with Crippen molar-refractivity contribution < 1.29 is 14.3 Å². The summed E-state index contributed by atoms with van der Waals surface area (Å²) in [6.45, 7) is 6.15. The van der Waals surface area contributed by atoms with Gasteiger partial charge in [0.15, 0.2) is 0 Å². The highest BCUT2D eigenvalue weighted by Gasteiger charge is 2.15. The molecule has 0 fully saturated rings. The largest absolute Gasteiger partial charge is 0.460 e. The lowest BCUT2D eigenvalue weighted by Crippen LogP contribution is -2.36. The predicted octanol–water partition coefficient (Wildman–Crippen LogP) is 2.22. The van der Waals surface area contributed by atoms with Crippen molar-refractivity contribution >= 4 is 12.0 Å². The first kappa shape index (κ1) is 16.0. The van der Waals surface area contributed by atoms with Crippen molar-refractivity contribution in [1.29, 1.82) is 0 Å². The van der Waals surface area contributed by atoms with Gasteiger partial charge in [0.05, 0.1) is 6.42 Å². The molecule has 1 aromatic carbocycles. The van der Waals surface area contributed by atoms with Gasteiger partial charge in [0, 0.05) is 13.1 Å². The van der Waals surface area contributed by atoms with Crippen molar-refractivity contribution in [2.24, 2.45) is 0 Å². The van der Waals surface area contributed by atoms with E-state index in [2.05, 4.69) is 10.6 Å². The van der Waals surface area contributed by atoms with E-state index >= 15 is 0 Å². The molecule has 0 aliphatic heterocycles. The standard InChI is InChI=1S/C15H22N2O3/c1-15(2,3)20-13(18)9-10-16-14(19)17-11-12-7-5-4-6-8-12/h4-8H,9-11H2,1-3H3,(H2,16,17,19). The highest BCUT2D eigenvalue weighted by Crippen LogP contribution is 2.07. The molecule has 0 saturated heterocycles. The number of esters is 1. The summed E-state index contributed by atoms with van der Waals surface area (Å²) in [7, 11) is 0. The average molecular weight is 278 g/mol. The fraction of sp³-hybridized carbons (Fsp3) is 0.467. The number of carbonyl (C=O) groups is 2. The van der Waals surface area contributed by atoms with Crippen LogP contribution in [0, 0.1) is 0 Å². The maximum atomic E-state index is 11.5. The minimum Gasteiger partial charge on any atom is -0.460 e. The van der Waals surface area contributed by atoms with Crippen LogP contribution >= 0.6 is 0 Å². The van der Waals surface area contributed by atoms with E-state index in [0.29, 0.717) is 6.54 Å². The lowest BCUT2D eigenvalue weighted by Gasteiger charge is -2.19. The molecule has 2 N–H and O–H groups in total. The fourth-order valence-corrected chi connectivity index (χ4v) is 1.51. The molecule has 110 valence electrons. The number of urea groups is 1. The zero-order chi connectivity index (χ0) is 15.0. The van der Waals surface area contributed by atoms with Crippen molar-refractivity contribution in [2.45, 2.75) is 39.3 Å². The summed E-state index contributed by atoms with van der Waals surface area (Å²) in [4.78, 5) is 22.9. The second-order valence-electron chi connectivity index (χ2n) is 5.43. The number of amides is 2. The molecule has 0 radical (unpaired) electrons. The molecule has 0 aliphatic rings. The van der Waals surface area contributed by atoms with Crippen LogP contribution in [0.3, 0.4) is 0 Å².